The highest BCUT2D eigenvalue weighted by molar-refractivity contribution is 5.88. The first-order valence-electron chi connectivity index (χ1n) is 5.53. The molecule has 4 nitrogen and oxygen atoms in total. The Hall–Kier alpha value is -1.71. The number of hydrogen-bond acceptors (Lipinski definition) is 4. The van der Waals surface area contributed by atoms with E-state index >= 15 is 0 Å². The second-order valence-electron chi connectivity index (χ2n) is 3.99. The zero-order valence-corrected chi connectivity index (χ0v) is 11.4. The molecule has 0 aromatic carbocycles. The molecule has 0 atom stereocenters. The lowest BCUT2D eigenvalue weighted by atomic mass is 10.3. The molecule has 0 heterocycles. The molecule has 0 bridgehead atoms. The monoisotopic (exact) mass is 238 g/mol. The van der Waals surface area contributed by atoms with E-state index in [9.17, 15) is 4.79 Å². The number of nitrogens with zero attached hydrogens (tertiary/aromatic N) is 2. The predicted molar refractivity (Wildman–Crippen MR) is 69.9 cm³/mol. The zero-order chi connectivity index (χ0) is 13.4. The van der Waals surface area contributed by atoms with Gasteiger partial charge in [-0.2, -0.15) is 0 Å². The molecule has 0 saturated heterocycles. The number of allylic oxidation sites excluding steroid dienone is 1. The van der Waals surface area contributed by atoms with Crippen LogP contribution in [0.25, 0.3) is 0 Å². The summed E-state index contributed by atoms with van der Waals surface area (Å²) in [4.78, 5) is 15.3. The minimum Gasteiger partial charge on any atom is -0.461 e. The molecule has 0 unspecified atom stereocenters. The Morgan fingerprint density at radius 2 is 1.88 bits per heavy atom. The van der Waals surface area contributed by atoms with Crippen LogP contribution in [0.5, 0.6) is 0 Å². The smallest absolute Gasteiger partial charge is 0.356 e. The van der Waals surface area contributed by atoms with Gasteiger partial charge in [0.2, 0.25) is 0 Å². The minimum absolute atomic E-state index is 0.351. The van der Waals surface area contributed by atoms with Crippen LogP contribution in [0.4, 0.5) is 0 Å². The lowest BCUT2D eigenvalue weighted by Crippen LogP contribution is -2.22. The lowest BCUT2D eigenvalue weighted by Gasteiger charge is -2.20. The molecule has 0 aromatic rings. The van der Waals surface area contributed by atoms with Gasteiger partial charge in [0, 0.05) is 32.7 Å². The summed E-state index contributed by atoms with van der Waals surface area (Å²) in [5, 5.41) is 0. The maximum atomic E-state index is 11.8. The number of esters is 1. The van der Waals surface area contributed by atoms with Crippen LogP contribution in [0.3, 0.4) is 0 Å². The van der Waals surface area contributed by atoms with E-state index < -0.39 is 0 Å². The molecular weight excluding hydrogens is 216 g/mol. The first-order chi connectivity index (χ1) is 7.92. The van der Waals surface area contributed by atoms with Gasteiger partial charge in [-0.25, -0.2) is 4.79 Å². The third-order valence-corrected chi connectivity index (χ3v) is 1.74. The van der Waals surface area contributed by atoms with E-state index in [1.54, 1.807) is 29.1 Å². The Labute approximate surface area is 104 Å². The highest BCUT2D eigenvalue weighted by atomic mass is 16.5. The van der Waals surface area contributed by atoms with Crippen molar-refractivity contribution in [3.8, 4) is 0 Å². The summed E-state index contributed by atoms with van der Waals surface area (Å²) in [6.07, 6.45) is 5.12. The fourth-order valence-electron chi connectivity index (χ4n) is 1.17. The van der Waals surface area contributed by atoms with Crippen LogP contribution in [-0.2, 0) is 9.53 Å². The van der Waals surface area contributed by atoms with E-state index in [-0.39, 0.29) is 5.97 Å². The van der Waals surface area contributed by atoms with Crippen molar-refractivity contribution in [3.05, 3.63) is 36.4 Å². The highest BCUT2D eigenvalue weighted by Gasteiger charge is 2.15. The number of carbonyl (C=O) groups is 1. The largest absolute Gasteiger partial charge is 0.461 e. The number of hydrogen-bond donors (Lipinski definition) is 0. The van der Waals surface area contributed by atoms with E-state index in [4.69, 9.17) is 4.74 Å². The van der Waals surface area contributed by atoms with Crippen molar-refractivity contribution < 1.29 is 9.53 Å². The van der Waals surface area contributed by atoms with Crippen LogP contribution in [-0.4, -0.2) is 36.5 Å². The molecule has 0 rings (SSSR count). The summed E-state index contributed by atoms with van der Waals surface area (Å²) in [5.74, 6) is -0.362. The Morgan fingerprint density at radius 3 is 2.24 bits per heavy atom. The molecular formula is C13H22N2O2. The van der Waals surface area contributed by atoms with Crippen molar-refractivity contribution >= 4 is 5.97 Å². The molecule has 0 aliphatic carbocycles. The molecule has 0 spiro atoms. The summed E-state index contributed by atoms with van der Waals surface area (Å²) in [6, 6.07) is 0. The van der Waals surface area contributed by atoms with Crippen molar-refractivity contribution in [2.24, 2.45) is 0 Å². The van der Waals surface area contributed by atoms with E-state index in [0.29, 0.717) is 12.3 Å². The van der Waals surface area contributed by atoms with Crippen LogP contribution in [0.1, 0.15) is 20.8 Å². The molecule has 17 heavy (non-hydrogen) atoms. The van der Waals surface area contributed by atoms with Gasteiger partial charge in [-0.05, 0) is 20.8 Å². The van der Waals surface area contributed by atoms with Gasteiger partial charge in [-0.3, -0.25) is 0 Å². The Balaban J connectivity index is 5.22. The third kappa shape index (κ3) is 5.80. The van der Waals surface area contributed by atoms with Crippen molar-refractivity contribution in [3.63, 3.8) is 0 Å². The predicted octanol–water partition coefficient (Wildman–Crippen LogP) is 2.32. The molecule has 0 saturated carbocycles. The average molecular weight is 238 g/mol. The fraction of sp³-hybridized carbons (Fsp3) is 0.462. The van der Waals surface area contributed by atoms with Crippen LogP contribution >= 0.6 is 0 Å². The van der Waals surface area contributed by atoms with Gasteiger partial charge in [0.1, 0.15) is 5.70 Å². The van der Waals surface area contributed by atoms with Gasteiger partial charge in [-0.15, -0.1) is 0 Å². The standard InChI is InChI=1S/C13H22N2O2/c1-7-15(9-11(3)4)12(10-14(5)6)13(16)17-8-2/h7,9-10H,1,8H2,2-6H3/b12-10+. The minimum atomic E-state index is -0.362. The topological polar surface area (TPSA) is 32.8 Å². The normalized spacial score (nSPS) is 10.5. The van der Waals surface area contributed by atoms with Gasteiger partial charge >= 0.3 is 5.97 Å². The molecule has 96 valence electrons. The molecule has 0 amide bonds. The van der Waals surface area contributed by atoms with E-state index in [0.717, 1.165) is 5.57 Å². The quantitative estimate of drug-likeness (QED) is 0.525. The molecule has 0 N–H and O–H groups in total. The summed E-state index contributed by atoms with van der Waals surface area (Å²) < 4.78 is 5.02. The summed E-state index contributed by atoms with van der Waals surface area (Å²) in [5.41, 5.74) is 1.51. The van der Waals surface area contributed by atoms with Crippen LogP contribution < -0.4 is 0 Å². The van der Waals surface area contributed by atoms with E-state index in [1.807, 2.05) is 34.1 Å². The summed E-state index contributed by atoms with van der Waals surface area (Å²) in [7, 11) is 3.70. The number of rotatable bonds is 6. The van der Waals surface area contributed by atoms with Gasteiger partial charge in [0.25, 0.3) is 0 Å². The van der Waals surface area contributed by atoms with E-state index in [2.05, 4.69) is 6.58 Å². The molecule has 0 aliphatic heterocycles. The first kappa shape index (κ1) is 15.3. The van der Waals surface area contributed by atoms with Gasteiger partial charge in [-0.1, -0.05) is 12.2 Å². The fourth-order valence-corrected chi connectivity index (χ4v) is 1.17. The van der Waals surface area contributed by atoms with E-state index in [1.165, 1.54) is 0 Å². The van der Waals surface area contributed by atoms with Crippen LogP contribution in [0, 0.1) is 0 Å². The molecule has 0 fully saturated rings. The number of carbonyl (C=O) groups excluding carboxylic acids is 1. The SMILES string of the molecule is C=CN(C=C(C)C)/C(=C/N(C)C)C(=O)OCC. The summed E-state index contributed by atoms with van der Waals surface area (Å²) in [6.45, 7) is 9.74. The second-order valence-corrected chi connectivity index (χ2v) is 3.99. The maximum absolute atomic E-state index is 11.8. The van der Waals surface area contributed by atoms with Crippen LogP contribution in [0.2, 0.25) is 0 Å². The lowest BCUT2D eigenvalue weighted by molar-refractivity contribution is -0.139. The molecule has 0 aliphatic rings. The molecule has 0 aromatic heterocycles. The Bertz CT molecular complexity index is 326. The second kappa shape index (κ2) is 7.54. The Morgan fingerprint density at radius 1 is 1.29 bits per heavy atom. The highest BCUT2D eigenvalue weighted by Crippen LogP contribution is 2.11. The van der Waals surface area contributed by atoms with Crippen molar-refractivity contribution in [1.29, 1.82) is 0 Å². The van der Waals surface area contributed by atoms with Crippen molar-refractivity contribution in [2.45, 2.75) is 20.8 Å². The average Bonchev–Trinajstić information content (AvgIpc) is 2.22. The van der Waals surface area contributed by atoms with Gasteiger partial charge in [0.15, 0.2) is 0 Å². The summed E-state index contributed by atoms with van der Waals surface area (Å²) >= 11 is 0. The third-order valence-electron chi connectivity index (χ3n) is 1.74. The van der Waals surface area contributed by atoms with Crippen molar-refractivity contribution in [2.75, 3.05) is 20.7 Å². The number of ether oxygens (including phenoxy) is 1. The Kier molecular flexibility index (Phi) is 6.79. The maximum Gasteiger partial charge on any atom is 0.356 e. The van der Waals surface area contributed by atoms with Gasteiger partial charge in [0.05, 0.1) is 6.61 Å². The molecule has 0 radical (unpaired) electrons. The van der Waals surface area contributed by atoms with Gasteiger partial charge < -0.3 is 14.5 Å². The first-order valence-corrected chi connectivity index (χ1v) is 5.53. The van der Waals surface area contributed by atoms with Crippen LogP contribution in [0.15, 0.2) is 36.4 Å². The molecule has 4 heteroatoms. The zero-order valence-electron chi connectivity index (χ0n) is 11.4. The van der Waals surface area contributed by atoms with Crippen molar-refractivity contribution in [1.82, 2.24) is 9.80 Å².